The molecule has 94 valence electrons. The van der Waals surface area contributed by atoms with Crippen LogP contribution in [0, 0.1) is 11.8 Å². The average molecular weight is 243 g/mol. The summed E-state index contributed by atoms with van der Waals surface area (Å²) in [4.78, 5) is 13.9. The molecule has 0 radical (unpaired) electrons. The van der Waals surface area contributed by atoms with Crippen LogP contribution in [0.4, 0.5) is 0 Å². The summed E-state index contributed by atoms with van der Waals surface area (Å²) in [6, 6.07) is 7.74. The maximum Gasteiger partial charge on any atom is 0.253 e. The Morgan fingerprint density at radius 1 is 1.39 bits per heavy atom. The van der Waals surface area contributed by atoms with Gasteiger partial charge in [0.15, 0.2) is 0 Å². The normalized spacial score (nSPS) is 13.7. The number of rotatable bonds is 3. The molecule has 0 atom stereocenters. The van der Waals surface area contributed by atoms with Gasteiger partial charge in [-0.25, -0.2) is 0 Å². The molecule has 2 rings (SSSR count). The van der Waals surface area contributed by atoms with Crippen molar-refractivity contribution in [3.8, 4) is 11.8 Å². The Morgan fingerprint density at radius 3 is 2.61 bits per heavy atom. The third-order valence-electron chi connectivity index (χ3n) is 3.02. The van der Waals surface area contributed by atoms with Crippen molar-refractivity contribution in [2.75, 3.05) is 13.7 Å². The minimum absolute atomic E-state index is 0.0763. The first-order valence-electron chi connectivity index (χ1n) is 6.19. The van der Waals surface area contributed by atoms with Crippen LogP contribution >= 0.6 is 0 Å². The van der Waals surface area contributed by atoms with Gasteiger partial charge in [-0.3, -0.25) is 4.79 Å². The van der Waals surface area contributed by atoms with Crippen molar-refractivity contribution < 1.29 is 9.90 Å². The fourth-order valence-electron chi connectivity index (χ4n) is 1.75. The van der Waals surface area contributed by atoms with E-state index in [1.54, 1.807) is 0 Å². The van der Waals surface area contributed by atoms with E-state index >= 15 is 0 Å². The molecule has 1 amide bonds. The number of carbonyl (C=O) groups is 1. The Bertz CT molecular complexity index is 477. The summed E-state index contributed by atoms with van der Waals surface area (Å²) in [5.41, 5.74) is 1.58. The molecule has 1 fully saturated rings. The summed E-state index contributed by atoms with van der Waals surface area (Å²) in [5, 5.41) is 8.63. The molecule has 3 nitrogen and oxygen atoms in total. The van der Waals surface area contributed by atoms with E-state index in [9.17, 15) is 4.79 Å². The number of carbonyl (C=O) groups excluding carboxylic acids is 1. The molecule has 1 saturated carbocycles. The molecular weight excluding hydrogens is 226 g/mol. The average Bonchev–Trinajstić information content (AvgIpc) is 3.22. The maximum absolute atomic E-state index is 12.1. The molecule has 1 aromatic carbocycles. The Balaban J connectivity index is 2.03. The van der Waals surface area contributed by atoms with Crippen LogP contribution in [0.1, 0.15) is 35.2 Å². The number of aliphatic hydroxyl groups excluding tert-OH is 1. The standard InChI is InChI=1S/C15H17NO2/c1-16(14-9-10-14)15(18)13-7-5-12(6-8-13)4-2-3-11-17/h5-8,14,17H,3,9-11H2,1H3. The van der Waals surface area contributed by atoms with Crippen molar-refractivity contribution in [1.29, 1.82) is 0 Å². The molecule has 0 bridgehead atoms. The highest BCUT2D eigenvalue weighted by Crippen LogP contribution is 2.26. The maximum atomic E-state index is 12.1. The molecule has 3 heteroatoms. The first kappa shape index (κ1) is 12.7. The first-order chi connectivity index (χ1) is 8.72. The second-order valence-electron chi connectivity index (χ2n) is 4.50. The van der Waals surface area contributed by atoms with Gasteiger partial charge in [0.1, 0.15) is 0 Å². The van der Waals surface area contributed by atoms with Crippen molar-refractivity contribution in [3.63, 3.8) is 0 Å². The van der Waals surface area contributed by atoms with Crippen LogP contribution in [0.2, 0.25) is 0 Å². The van der Waals surface area contributed by atoms with Crippen LogP contribution in [0.15, 0.2) is 24.3 Å². The summed E-state index contributed by atoms with van der Waals surface area (Å²) in [7, 11) is 1.86. The van der Waals surface area contributed by atoms with E-state index in [1.165, 1.54) is 0 Å². The minimum atomic E-state index is 0.0763. The third-order valence-corrected chi connectivity index (χ3v) is 3.02. The summed E-state index contributed by atoms with van der Waals surface area (Å²) in [5.74, 6) is 5.87. The van der Waals surface area contributed by atoms with E-state index in [0.29, 0.717) is 18.0 Å². The highest BCUT2D eigenvalue weighted by Gasteiger charge is 2.29. The molecular formula is C15H17NO2. The van der Waals surface area contributed by atoms with Crippen LogP contribution in [-0.4, -0.2) is 35.6 Å². The van der Waals surface area contributed by atoms with Crippen LogP contribution in [-0.2, 0) is 0 Å². The lowest BCUT2D eigenvalue weighted by Gasteiger charge is -2.15. The number of hydrogen-bond donors (Lipinski definition) is 1. The van der Waals surface area contributed by atoms with E-state index in [1.807, 2.05) is 36.2 Å². The molecule has 18 heavy (non-hydrogen) atoms. The molecule has 0 spiro atoms. The van der Waals surface area contributed by atoms with Gasteiger partial charge >= 0.3 is 0 Å². The van der Waals surface area contributed by atoms with Crippen LogP contribution in [0.25, 0.3) is 0 Å². The topological polar surface area (TPSA) is 40.5 Å². The van der Waals surface area contributed by atoms with Gasteiger partial charge in [-0.05, 0) is 37.1 Å². The molecule has 0 unspecified atom stereocenters. The van der Waals surface area contributed by atoms with Crippen molar-refractivity contribution in [3.05, 3.63) is 35.4 Å². The van der Waals surface area contributed by atoms with E-state index in [0.717, 1.165) is 18.4 Å². The smallest absolute Gasteiger partial charge is 0.253 e. The first-order valence-corrected chi connectivity index (χ1v) is 6.19. The van der Waals surface area contributed by atoms with Crippen LogP contribution in [0.3, 0.4) is 0 Å². The number of amides is 1. The zero-order chi connectivity index (χ0) is 13.0. The lowest BCUT2D eigenvalue weighted by Crippen LogP contribution is -2.28. The molecule has 0 saturated heterocycles. The Labute approximate surface area is 107 Å². The Morgan fingerprint density at radius 2 is 2.06 bits per heavy atom. The summed E-state index contributed by atoms with van der Waals surface area (Å²) in [6.07, 6.45) is 2.71. The highest BCUT2D eigenvalue weighted by atomic mass is 16.2. The van der Waals surface area contributed by atoms with Crippen LogP contribution < -0.4 is 0 Å². The van der Waals surface area contributed by atoms with Crippen molar-refractivity contribution in [2.24, 2.45) is 0 Å². The lowest BCUT2D eigenvalue weighted by molar-refractivity contribution is 0.0785. The van der Waals surface area contributed by atoms with E-state index in [2.05, 4.69) is 11.8 Å². The van der Waals surface area contributed by atoms with E-state index < -0.39 is 0 Å². The quantitative estimate of drug-likeness (QED) is 0.820. The summed E-state index contributed by atoms with van der Waals surface area (Å²) >= 11 is 0. The predicted molar refractivity (Wildman–Crippen MR) is 70.1 cm³/mol. The number of hydrogen-bond acceptors (Lipinski definition) is 2. The van der Waals surface area contributed by atoms with Crippen molar-refractivity contribution >= 4 is 5.91 Å². The largest absolute Gasteiger partial charge is 0.395 e. The molecule has 0 aromatic heterocycles. The van der Waals surface area contributed by atoms with Gasteiger partial charge < -0.3 is 10.0 Å². The molecule has 0 aliphatic heterocycles. The van der Waals surface area contributed by atoms with E-state index in [-0.39, 0.29) is 12.5 Å². The molecule has 1 aliphatic carbocycles. The molecule has 1 aliphatic rings. The zero-order valence-corrected chi connectivity index (χ0v) is 10.5. The monoisotopic (exact) mass is 243 g/mol. The lowest BCUT2D eigenvalue weighted by atomic mass is 10.1. The van der Waals surface area contributed by atoms with Gasteiger partial charge in [-0.2, -0.15) is 0 Å². The van der Waals surface area contributed by atoms with Gasteiger partial charge in [0.05, 0.1) is 6.61 Å². The van der Waals surface area contributed by atoms with Gasteiger partial charge in [-0.1, -0.05) is 11.8 Å². The van der Waals surface area contributed by atoms with Gasteiger partial charge in [-0.15, -0.1) is 0 Å². The number of benzene rings is 1. The van der Waals surface area contributed by atoms with Crippen molar-refractivity contribution in [1.82, 2.24) is 4.90 Å². The Hall–Kier alpha value is -1.79. The fourth-order valence-corrected chi connectivity index (χ4v) is 1.75. The second-order valence-corrected chi connectivity index (χ2v) is 4.50. The molecule has 1 aromatic rings. The third kappa shape index (κ3) is 3.12. The van der Waals surface area contributed by atoms with Crippen molar-refractivity contribution in [2.45, 2.75) is 25.3 Å². The summed E-state index contributed by atoms with van der Waals surface area (Å²) < 4.78 is 0. The second kappa shape index (κ2) is 5.70. The highest BCUT2D eigenvalue weighted by molar-refractivity contribution is 5.94. The van der Waals surface area contributed by atoms with E-state index in [4.69, 9.17) is 5.11 Å². The SMILES string of the molecule is CN(C(=O)c1ccc(C#CCCO)cc1)C1CC1. The fraction of sp³-hybridized carbons (Fsp3) is 0.400. The predicted octanol–water partition coefficient (Wildman–Crippen LogP) is 1.65. The molecule has 1 N–H and O–H groups in total. The van der Waals surface area contributed by atoms with Crippen LogP contribution in [0.5, 0.6) is 0 Å². The van der Waals surface area contributed by atoms with Gasteiger partial charge in [0, 0.05) is 30.6 Å². The zero-order valence-electron chi connectivity index (χ0n) is 10.5. The number of nitrogens with zero attached hydrogens (tertiary/aromatic N) is 1. The minimum Gasteiger partial charge on any atom is -0.395 e. The summed E-state index contributed by atoms with van der Waals surface area (Å²) in [6.45, 7) is 0.0791. The van der Waals surface area contributed by atoms with Gasteiger partial charge in [0.2, 0.25) is 0 Å². The molecule has 0 heterocycles. The van der Waals surface area contributed by atoms with Gasteiger partial charge in [0.25, 0.3) is 5.91 Å². The Kier molecular flexibility index (Phi) is 4.01. The number of aliphatic hydroxyl groups is 1.